The van der Waals surface area contributed by atoms with Gasteiger partial charge in [0.1, 0.15) is 0 Å². The lowest BCUT2D eigenvalue weighted by Crippen LogP contribution is -2.58. The van der Waals surface area contributed by atoms with Gasteiger partial charge in [0.25, 0.3) is 0 Å². The normalized spacial score (nSPS) is 34.4. The van der Waals surface area contributed by atoms with Gasteiger partial charge in [-0.05, 0) is 57.2 Å². The van der Waals surface area contributed by atoms with E-state index in [1.807, 2.05) is 31.2 Å². The lowest BCUT2D eigenvalue weighted by Gasteiger charge is -2.42. The van der Waals surface area contributed by atoms with Gasteiger partial charge in [0, 0.05) is 43.1 Å². The molecule has 178 valence electrons. The van der Waals surface area contributed by atoms with Crippen molar-refractivity contribution in [3.63, 3.8) is 0 Å². The largest absolute Gasteiger partial charge is 0.355 e. The number of hydrogen-bond acceptors (Lipinski definition) is 6. The van der Waals surface area contributed by atoms with Gasteiger partial charge in [0.2, 0.25) is 11.8 Å². The average Bonchev–Trinajstić information content (AvgIpc) is 3.22. The Bertz CT molecular complexity index is 910. The highest BCUT2D eigenvalue weighted by Gasteiger charge is 2.48. The van der Waals surface area contributed by atoms with Crippen LogP contribution in [0.15, 0.2) is 24.3 Å². The summed E-state index contributed by atoms with van der Waals surface area (Å²) in [5.41, 5.74) is 5.19. The molecule has 3 fully saturated rings. The van der Waals surface area contributed by atoms with E-state index in [1.165, 1.54) is 0 Å². The van der Waals surface area contributed by atoms with E-state index in [0.29, 0.717) is 18.5 Å². The van der Waals surface area contributed by atoms with Crippen molar-refractivity contribution in [1.29, 1.82) is 5.26 Å². The van der Waals surface area contributed by atoms with Crippen LogP contribution in [0.2, 0.25) is 0 Å². The second kappa shape index (κ2) is 9.80. The summed E-state index contributed by atoms with van der Waals surface area (Å²) < 4.78 is 0. The molecule has 0 radical (unpaired) electrons. The highest BCUT2D eigenvalue weighted by atomic mass is 16.2. The molecule has 33 heavy (non-hydrogen) atoms. The van der Waals surface area contributed by atoms with Crippen molar-refractivity contribution < 1.29 is 9.59 Å². The number of carbonyl (C=O) groups excluding carboxylic acids is 2. The van der Waals surface area contributed by atoms with E-state index in [-0.39, 0.29) is 59.8 Å². The molecule has 4 N–H and O–H groups in total. The van der Waals surface area contributed by atoms with E-state index in [9.17, 15) is 9.59 Å². The third kappa shape index (κ3) is 4.91. The Kier molecular flexibility index (Phi) is 7.03. The van der Waals surface area contributed by atoms with Crippen LogP contribution >= 0.6 is 0 Å². The lowest BCUT2D eigenvalue weighted by molar-refractivity contribution is -0.132. The SMILES string of the molecule is CC1CC(C)C(CNC(=O)C2CC(c3ccc(C#N)cc3)NC3C2CNN3C(C)C)C(=O)N1. The number of hydrazine groups is 1. The highest BCUT2D eigenvalue weighted by Crippen LogP contribution is 2.38. The molecule has 3 saturated heterocycles. The molecule has 3 aliphatic heterocycles. The van der Waals surface area contributed by atoms with Crippen LogP contribution < -0.4 is 21.4 Å². The van der Waals surface area contributed by atoms with Crippen molar-refractivity contribution in [2.75, 3.05) is 13.1 Å². The van der Waals surface area contributed by atoms with Crippen LogP contribution in [0.25, 0.3) is 0 Å². The second-order valence-corrected chi connectivity index (χ2v) is 10.2. The number of carbonyl (C=O) groups is 2. The van der Waals surface area contributed by atoms with E-state index >= 15 is 0 Å². The second-order valence-electron chi connectivity index (χ2n) is 10.2. The summed E-state index contributed by atoms with van der Waals surface area (Å²) in [5.74, 6) is 0.0789. The first-order valence-corrected chi connectivity index (χ1v) is 12.1. The summed E-state index contributed by atoms with van der Waals surface area (Å²) in [4.78, 5) is 25.9. The van der Waals surface area contributed by atoms with Gasteiger partial charge >= 0.3 is 0 Å². The number of hydrogen-bond donors (Lipinski definition) is 4. The molecule has 4 rings (SSSR count). The molecule has 7 atom stereocenters. The fourth-order valence-electron chi connectivity index (χ4n) is 5.75. The van der Waals surface area contributed by atoms with Crippen molar-refractivity contribution in [1.82, 2.24) is 26.4 Å². The van der Waals surface area contributed by atoms with Crippen LogP contribution in [0.4, 0.5) is 0 Å². The van der Waals surface area contributed by atoms with Crippen molar-refractivity contribution in [3.05, 3.63) is 35.4 Å². The lowest BCUT2D eigenvalue weighted by atomic mass is 9.78. The third-order valence-corrected chi connectivity index (χ3v) is 7.56. The summed E-state index contributed by atoms with van der Waals surface area (Å²) in [6.07, 6.45) is 1.64. The maximum Gasteiger partial charge on any atom is 0.225 e. The number of amides is 2. The third-order valence-electron chi connectivity index (χ3n) is 7.56. The number of nitrogens with one attached hydrogen (secondary N) is 4. The summed E-state index contributed by atoms with van der Waals surface area (Å²) >= 11 is 0. The van der Waals surface area contributed by atoms with E-state index in [0.717, 1.165) is 18.5 Å². The van der Waals surface area contributed by atoms with Crippen molar-refractivity contribution in [2.45, 2.75) is 64.8 Å². The smallest absolute Gasteiger partial charge is 0.225 e. The van der Waals surface area contributed by atoms with E-state index in [2.05, 4.69) is 53.2 Å². The van der Waals surface area contributed by atoms with Crippen LogP contribution in [-0.2, 0) is 9.59 Å². The zero-order valence-corrected chi connectivity index (χ0v) is 20.0. The standard InChI is InChI=1S/C25H36N6O2/c1-14(2)31-23-21(13-28-31)19(10-22(30-23)18-7-5-17(11-26)6-8-18)24(32)27-12-20-15(3)9-16(4)29-25(20)33/h5-8,14-16,19-23,28,30H,9-10,12-13H2,1-4H3,(H,27,32)(H,29,33). The molecule has 0 saturated carbocycles. The Morgan fingerprint density at radius 3 is 2.61 bits per heavy atom. The van der Waals surface area contributed by atoms with E-state index in [1.54, 1.807) is 0 Å². The summed E-state index contributed by atoms with van der Waals surface area (Å²) in [6, 6.07) is 10.2. The molecule has 8 nitrogen and oxygen atoms in total. The number of piperidine rings is 2. The predicted molar refractivity (Wildman–Crippen MR) is 125 cm³/mol. The van der Waals surface area contributed by atoms with Crippen molar-refractivity contribution >= 4 is 11.8 Å². The van der Waals surface area contributed by atoms with Crippen LogP contribution in [0.5, 0.6) is 0 Å². The van der Waals surface area contributed by atoms with Crippen LogP contribution in [-0.4, -0.2) is 48.2 Å². The number of nitriles is 1. The molecular formula is C25H36N6O2. The zero-order valence-electron chi connectivity index (χ0n) is 20.0. The monoisotopic (exact) mass is 452 g/mol. The van der Waals surface area contributed by atoms with Crippen LogP contribution in [0, 0.1) is 35.0 Å². The van der Waals surface area contributed by atoms with Crippen molar-refractivity contribution in [3.8, 4) is 6.07 Å². The summed E-state index contributed by atoms with van der Waals surface area (Å²) in [5, 5.41) is 21.2. The molecule has 1 aromatic carbocycles. The van der Waals surface area contributed by atoms with Gasteiger partial charge < -0.3 is 10.6 Å². The van der Waals surface area contributed by atoms with E-state index in [4.69, 9.17) is 5.26 Å². The van der Waals surface area contributed by atoms with Gasteiger partial charge in [0.05, 0.1) is 23.7 Å². The molecular weight excluding hydrogens is 416 g/mol. The Morgan fingerprint density at radius 2 is 1.97 bits per heavy atom. The van der Waals surface area contributed by atoms with E-state index < -0.39 is 0 Å². The maximum absolute atomic E-state index is 13.5. The number of fused-ring (bicyclic) bond motifs is 1. The van der Waals surface area contributed by atoms with Crippen LogP contribution in [0.3, 0.4) is 0 Å². The Balaban J connectivity index is 1.50. The maximum atomic E-state index is 13.5. The first-order chi connectivity index (χ1) is 15.8. The Morgan fingerprint density at radius 1 is 1.24 bits per heavy atom. The number of nitrogens with zero attached hydrogens (tertiary/aromatic N) is 2. The molecule has 3 aliphatic rings. The van der Waals surface area contributed by atoms with Gasteiger partial charge in [-0.15, -0.1) is 0 Å². The molecule has 1 aromatic rings. The fraction of sp³-hybridized carbons (Fsp3) is 0.640. The molecule has 0 aromatic heterocycles. The van der Waals surface area contributed by atoms with Gasteiger partial charge in [0.15, 0.2) is 0 Å². The quantitative estimate of drug-likeness (QED) is 0.541. The zero-order chi connectivity index (χ0) is 23.7. The van der Waals surface area contributed by atoms with Gasteiger partial charge in [-0.2, -0.15) is 5.26 Å². The Labute approximate surface area is 196 Å². The minimum absolute atomic E-state index is 0.00800. The molecule has 8 heteroatoms. The van der Waals surface area contributed by atoms with Crippen LogP contribution in [0.1, 0.15) is 57.7 Å². The first kappa shape index (κ1) is 23.7. The molecule has 0 aliphatic carbocycles. The topological polar surface area (TPSA) is 109 Å². The minimum Gasteiger partial charge on any atom is -0.355 e. The first-order valence-electron chi connectivity index (χ1n) is 12.1. The molecule has 7 unspecified atom stereocenters. The van der Waals surface area contributed by atoms with Gasteiger partial charge in [-0.1, -0.05) is 19.1 Å². The summed E-state index contributed by atoms with van der Waals surface area (Å²) in [7, 11) is 0. The van der Waals surface area contributed by atoms with Gasteiger partial charge in [-0.3, -0.25) is 20.3 Å². The molecule has 2 amide bonds. The highest BCUT2D eigenvalue weighted by molar-refractivity contribution is 5.83. The van der Waals surface area contributed by atoms with Crippen molar-refractivity contribution in [2.24, 2.45) is 23.7 Å². The molecule has 3 heterocycles. The molecule has 0 spiro atoms. The minimum atomic E-state index is -0.189. The number of benzene rings is 1. The summed E-state index contributed by atoms with van der Waals surface area (Å²) in [6.45, 7) is 9.52. The molecule has 0 bridgehead atoms. The average molecular weight is 453 g/mol. The van der Waals surface area contributed by atoms with Gasteiger partial charge in [-0.25, -0.2) is 5.01 Å². The fourth-order valence-corrected chi connectivity index (χ4v) is 5.75. The predicted octanol–water partition coefficient (Wildman–Crippen LogP) is 1.66. The Hall–Kier alpha value is -2.47. The number of rotatable bonds is 5.